The predicted octanol–water partition coefficient (Wildman–Crippen LogP) is 0.503. The van der Waals surface area contributed by atoms with Crippen LogP contribution in [-0.4, -0.2) is 47.1 Å². The summed E-state index contributed by atoms with van der Waals surface area (Å²) in [5.74, 6) is -1.18. The van der Waals surface area contributed by atoms with Gasteiger partial charge < -0.3 is 5.11 Å². The fraction of sp³-hybridized carbons (Fsp3) is 0.500. The number of aliphatic carboxylic acids is 1. The molecule has 1 aromatic heterocycles. The lowest BCUT2D eigenvalue weighted by Crippen LogP contribution is -2.39. The number of sulfonamides is 1. The van der Waals surface area contributed by atoms with Crippen molar-refractivity contribution in [2.24, 2.45) is 0 Å². The minimum atomic E-state index is -3.52. The second kappa shape index (κ2) is 5.66. The van der Waals surface area contributed by atoms with Crippen LogP contribution in [0.1, 0.15) is 18.4 Å². The van der Waals surface area contributed by atoms with Gasteiger partial charge in [-0.15, -0.1) is 0 Å². The Morgan fingerprint density at radius 3 is 2.53 bits per heavy atom. The summed E-state index contributed by atoms with van der Waals surface area (Å²) in [6.45, 7) is -0.441. The van der Waals surface area contributed by atoms with E-state index in [0.717, 1.165) is 22.7 Å². The fourth-order valence-corrected chi connectivity index (χ4v) is 3.56. The Balaban J connectivity index is 2.01. The quantitative estimate of drug-likeness (QED) is 0.788. The highest BCUT2D eigenvalue weighted by atomic mass is 32.2. The van der Waals surface area contributed by atoms with Gasteiger partial charge in [0.1, 0.15) is 6.54 Å². The smallest absolute Gasteiger partial charge is 0.318 e. The zero-order valence-corrected chi connectivity index (χ0v) is 11.2. The molecule has 0 bridgehead atoms. The summed E-state index contributed by atoms with van der Waals surface area (Å²) in [6, 6.07) is 3.39. The van der Waals surface area contributed by atoms with Gasteiger partial charge in [-0.1, -0.05) is 0 Å². The molecule has 0 spiro atoms. The number of pyridine rings is 1. The molecule has 0 amide bonds. The van der Waals surface area contributed by atoms with Gasteiger partial charge in [-0.25, -0.2) is 8.42 Å². The first-order chi connectivity index (χ1) is 8.99. The summed E-state index contributed by atoms with van der Waals surface area (Å²) >= 11 is 0. The van der Waals surface area contributed by atoms with Gasteiger partial charge in [0.2, 0.25) is 10.0 Å². The van der Waals surface area contributed by atoms with Crippen LogP contribution in [0.5, 0.6) is 0 Å². The standard InChI is InChI=1S/C12H16N2O4S/c15-12(16)9-14(11-1-2-11)19(17,18)8-5-10-3-6-13-7-4-10/h3-4,6-7,11H,1-2,5,8-9H2,(H,15,16). The zero-order valence-electron chi connectivity index (χ0n) is 10.4. The van der Waals surface area contributed by atoms with E-state index < -0.39 is 22.5 Å². The predicted molar refractivity (Wildman–Crippen MR) is 69.1 cm³/mol. The Kier molecular flexibility index (Phi) is 4.16. The SMILES string of the molecule is O=C(O)CN(C1CC1)S(=O)(=O)CCc1ccncc1. The fourth-order valence-electron chi connectivity index (χ4n) is 1.86. The number of carboxylic acids is 1. The van der Waals surface area contributed by atoms with Gasteiger partial charge in [0.25, 0.3) is 0 Å². The summed E-state index contributed by atoms with van der Waals surface area (Å²) < 4.78 is 25.5. The highest BCUT2D eigenvalue weighted by Crippen LogP contribution is 2.29. The number of aromatic nitrogens is 1. The zero-order chi connectivity index (χ0) is 13.9. The lowest BCUT2D eigenvalue weighted by molar-refractivity contribution is -0.137. The monoisotopic (exact) mass is 284 g/mol. The molecule has 1 aliphatic rings. The van der Waals surface area contributed by atoms with Crippen LogP contribution >= 0.6 is 0 Å². The molecular formula is C12H16N2O4S. The average molecular weight is 284 g/mol. The molecule has 0 aromatic carbocycles. The third kappa shape index (κ3) is 4.00. The summed E-state index contributed by atoms with van der Waals surface area (Å²) in [6.07, 6.45) is 5.09. The van der Waals surface area contributed by atoms with Crippen molar-refractivity contribution in [2.45, 2.75) is 25.3 Å². The molecule has 1 heterocycles. The molecular weight excluding hydrogens is 268 g/mol. The Hall–Kier alpha value is -1.47. The van der Waals surface area contributed by atoms with Crippen molar-refractivity contribution >= 4 is 16.0 Å². The summed E-state index contributed by atoms with van der Waals surface area (Å²) in [5, 5.41) is 8.79. The van der Waals surface area contributed by atoms with Crippen LogP contribution in [0.15, 0.2) is 24.5 Å². The van der Waals surface area contributed by atoms with Crippen LogP contribution in [0, 0.1) is 0 Å². The molecule has 0 saturated heterocycles. The van der Waals surface area contributed by atoms with E-state index in [0.29, 0.717) is 6.42 Å². The number of carboxylic acid groups (broad SMARTS) is 1. The Bertz CT molecular complexity index is 540. The van der Waals surface area contributed by atoms with Crippen molar-refractivity contribution in [3.05, 3.63) is 30.1 Å². The van der Waals surface area contributed by atoms with E-state index >= 15 is 0 Å². The van der Waals surface area contributed by atoms with Gasteiger partial charge in [-0.3, -0.25) is 9.78 Å². The Morgan fingerprint density at radius 2 is 2.00 bits per heavy atom. The van der Waals surface area contributed by atoms with Crippen molar-refractivity contribution < 1.29 is 18.3 Å². The van der Waals surface area contributed by atoms with Crippen molar-refractivity contribution in [2.75, 3.05) is 12.3 Å². The molecule has 1 N–H and O–H groups in total. The first-order valence-electron chi connectivity index (χ1n) is 6.09. The van der Waals surface area contributed by atoms with Crippen LogP contribution in [0.4, 0.5) is 0 Å². The molecule has 6 nitrogen and oxygen atoms in total. The number of hydrogen-bond acceptors (Lipinski definition) is 4. The molecule has 0 aliphatic heterocycles. The molecule has 0 unspecified atom stereocenters. The molecule has 0 radical (unpaired) electrons. The van der Waals surface area contributed by atoms with Crippen molar-refractivity contribution in [3.63, 3.8) is 0 Å². The van der Waals surface area contributed by atoms with E-state index in [9.17, 15) is 13.2 Å². The Labute approximate surface area is 112 Å². The topological polar surface area (TPSA) is 87.6 Å². The van der Waals surface area contributed by atoms with Crippen molar-refractivity contribution in [1.82, 2.24) is 9.29 Å². The summed E-state index contributed by atoms with van der Waals surface area (Å²) in [5.41, 5.74) is 0.879. The molecule has 1 saturated carbocycles. The maximum atomic E-state index is 12.2. The molecule has 1 fully saturated rings. The van der Waals surface area contributed by atoms with Crippen LogP contribution < -0.4 is 0 Å². The minimum absolute atomic E-state index is 0.0687. The second-order valence-corrected chi connectivity index (χ2v) is 6.63. The van der Waals surface area contributed by atoms with Gasteiger partial charge in [-0.05, 0) is 37.0 Å². The molecule has 0 atom stereocenters. The van der Waals surface area contributed by atoms with E-state index in [2.05, 4.69) is 4.98 Å². The number of carbonyl (C=O) groups is 1. The van der Waals surface area contributed by atoms with E-state index in [1.54, 1.807) is 24.5 Å². The third-order valence-corrected chi connectivity index (χ3v) is 4.86. The number of rotatable bonds is 7. The lowest BCUT2D eigenvalue weighted by atomic mass is 10.2. The molecule has 19 heavy (non-hydrogen) atoms. The summed E-state index contributed by atoms with van der Waals surface area (Å²) in [7, 11) is -3.52. The maximum absolute atomic E-state index is 12.2. The molecule has 7 heteroatoms. The highest BCUT2D eigenvalue weighted by molar-refractivity contribution is 7.89. The molecule has 104 valence electrons. The molecule has 2 rings (SSSR count). The van der Waals surface area contributed by atoms with E-state index in [1.165, 1.54) is 0 Å². The number of hydrogen-bond donors (Lipinski definition) is 1. The first kappa shape index (κ1) is 14.0. The Morgan fingerprint density at radius 1 is 1.37 bits per heavy atom. The normalized spacial score (nSPS) is 15.6. The van der Waals surface area contributed by atoms with Crippen LogP contribution in [0.25, 0.3) is 0 Å². The van der Waals surface area contributed by atoms with Crippen LogP contribution in [0.3, 0.4) is 0 Å². The van der Waals surface area contributed by atoms with Crippen molar-refractivity contribution in [1.29, 1.82) is 0 Å². The van der Waals surface area contributed by atoms with Gasteiger partial charge in [0.05, 0.1) is 5.75 Å². The first-order valence-corrected chi connectivity index (χ1v) is 7.70. The highest BCUT2D eigenvalue weighted by Gasteiger charge is 2.38. The van der Waals surface area contributed by atoms with Gasteiger partial charge in [-0.2, -0.15) is 4.31 Å². The van der Waals surface area contributed by atoms with Crippen LogP contribution in [0.2, 0.25) is 0 Å². The average Bonchev–Trinajstić information content (AvgIpc) is 3.19. The molecule has 1 aliphatic carbocycles. The van der Waals surface area contributed by atoms with Crippen LogP contribution in [-0.2, 0) is 21.2 Å². The maximum Gasteiger partial charge on any atom is 0.318 e. The lowest BCUT2D eigenvalue weighted by Gasteiger charge is -2.19. The number of aryl methyl sites for hydroxylation is 1. The molecule has 1 aromatic rings. The number of nitrogens with zero attached hydrogens (tertiary/aromatic N) is 2. The summed E-state index contributed by atoms with van der Waals surface area (Å²) in [4.78, 5) is 14.6. The van der Waals surface area contributed by atoms with Crippen molar-refractivity contribution in [3.8, 4) is 0 Å². The van der Waals surface area contributed by atoms with Gasteiger partial charge in [0.15, 0.2) is 0 Å². The van der Waals surface area contributed by atoms with Gasteiger partial charge >= 0.3 is 5.97 Å². The van der Waals surface area contributed by atoms with E-state index in [4.69, 9.17) is 5.11 Å². The minimum Gasteiger partial charge on any atom is -0.480 e. The van der Waals surface area contributed by atoms with E-state index in [1.807, 2.05) is 0 Å². The largest absolute Gasteiger partial charge is 0.480 e. The third-order valence-electron chi connectivity index (χ3n) is 3.00. The van der Waals surface area contributed by atoms with Gasteiger partial charge in [0, 0.05) is 18.4 Å². The van der Waals surface area contributed by atoms with E-state index in [-0.39, 0.29) is 11.8 Å². The second-order valence-electron chi connectivity index (χ2n) is 4.59.